The van der Waals surface area contributed by atoms with Gasteiger partial charge in [-0.05, 0) is 49.2 Å². The first-order chi connectivity index (χ1) is 10.2. The summed E-state index contributed by atoms with van der Waals surface area (Å²) in [5, 5.41) is 13.9. The SMILES string of the molecule is COc1ccc(Nc2ccc(C(=O)NC3CC3)nn2)cc1. The van der Waals surface area contributed by atoms with E-state index in [1.165, 1.54) is 0 Å². The summed E-state index contributed by atoms with van der Waals surface area (Å²) in [6, 6.07) is 11.2. The number of hydrogen-bond donors (Lipinski definition) is 2. The molecule has 0 bridgehead atoms. The minimum absolute atomic E-state index is 0.166. The molecule has 0 saturated heterocycles. The van der Waals surface area contributed by atoms with Gasteiger partial charge in [-0.2, -0.15) is 0 Å². The number of nitrogens with one attached hydrogen (secondary N) is 2. The van der Waals surface area contributed by atoms with E-state index in [-0.39, 0.29) is 5.91 Å². The van der Waals surface area contributed by atoms with Crippen molar-refractivity contribution >= 4 is 17.4 Å². The van der Waals surface area contributed by atoms with Crippen LogP contribution in [0.4, 0.5) is 11.5 Å². The molecule has 0 aliphatic heterocycles. The Kier molecular flexibility index (Phi) is 3.68. The number of hydrogen-bond acceptors (Lipinski definition) is 5. The Bertz CT molecular complexity index is 621. The Morgan fingerprint density at radius 2 is 1.90 bits per heavy atom. The van der Waals surface area contributed by atoms with Gasteiger partial charge in [0.25, 0.3) is 5.91 Å². The molecule has 108 valence electrons. The monoisotopic (exact) mass is 284 g/mol. The molecule has 1 aromatic carbocycles. The van der Waals surface area contributed by atoms with Crippen molar-refractivity contribution < 1.29 is 9.53 Å². The number of aromatic nitrogens is 2. The number of rotatable bonds is 5. The average molecular weight is 284 g/mol. The maximum atomic E-state index is 11.8. The van der Waals surface area contributed by atoms with Crippen LogP contribution in [0.5, 0.6) is 5.75 Å². The molecule has 1 amide bonds. The van der Waals surface area contributed by atoms with E-state index in [4.69, 9.17) is 4.74 Å². The molecule has 1 heterocycles. The summed E-state index contributed by atoms with van der Waals surface area (Å²) in [7, 11) is 1.62. The topological polar surface area (TPSA) is 76.1 Å². The smallest absolute Gasteiger partial charge is 0.272 e. The van der Waals surface area contributed by atoms with Crippen LogP contribution in [0, 0.1) is 0 Å². The highest BCUT2D eigenvalue weighted by Crippen LogP contribution is 2.20. The minimum Gasteiger partial charge on any atom is -0.497 e. The Morgan fingerprint density at radius 3 is 2.48 bits per heavy atom. The van der Waals surface area contributed by atoms with Crippen LogP contribution in [0.15, 0.2) is 36.4 Å². The summed E-state index contributed by atoms with van der Waals surface area (Å²) in [5.41, 5.74) is 1.21. The number of benzene rings is 1. The highest BCUT2D eigenvalue weighted by molar-refractivity contribution is 5.92. The van der Waals surface area contributed by atoms with Gasteiger partial charge >= 0.3 is 0 Å². The van der Waals surface area contributed by atoms with Crippen LogP contribution >= 0.6 is 0 Å². The fourth-order valence-corrected chi connectivity index (χ4v) is 1.83. The molecule has 0 unspecified atom stereocenters. The number of anilines is 2. The third-order valence-corrected chi connectivity index (χ3v) is 3.17. The van der Waals surface area contributed by atoms with Gasteiger partial charge in [0, 0.05) is 11.7 Å². The van der Waals surface area contributed by atoms with E-state index in [1.54, 1.807) is 19.2 Å². The minimum atomic E-state index is -0.166. The highest BCUT2D eigenvalue weighted by Gasteiger charge is 2.24. The van der Waals surface area contributed by atoms with Gasteiger partial charge in [-0.25, -0.2) is 0 Å². The van der Waals surface area contributed by atoms with Crippen LogP contribution < -0.4 is 15.4 Å². The first-order valence-electron chi connectivity index (χ1n) is 6.80. The molecule has 21 heavy (non-hydrogen) atoms. The van der Waals surface area contributed by atoms with Crippen molar-refractivity contribution in [3.8, 4) is 5.75 Å². The van der Waals surface area contributed by atoms with Gasteiger partial charge in [-0.3, -0.25) is 4.79 Å². The second-order valence-corrected chi connectivity index (χ2v) is 4.91. The summed E-state index contributed by atoms with van der Waals surface area (Å²) in [4.78, 5) is 11.8. The van der Waals surface area contributed by atoms with E-state index < -0.39 is 0 Å². The fourth-order valence-electron chi connectivity index (χ4n) is 1.83. The van der Waals surface area contributed by atoms with Gasteiger partial charge in [-0.15, -0.1) is 10.2 Å². The largest absolute Gasteiger partial charge is 0.497 e. The lowest BCUT2D eigenvalue weighted by molar-refractivity contribution is 0.0945. The molecule has 1 aliphatic rings. The lowest BCUT2D eigenvalue weighted by Crippen LogP contribution is -2.26. The first-order valence-corrected chi connectivity index (χ1v) is 6.80. The molecule has 6 heteroatoms. The lowest BCUT2D eigenvalue weighted by atomic mass is 10.3. The van der Waals surface area contributed by atoms with Crippen molar-refractivity contribution in [3.05, 3.63) is 42.1 Å². The Hall–Kier alpha value is -2.63. The fraction of sp³-hybridized carbons (Fsp3) is 0.267. The number of methoxy groups -OCH3 is 1. The van der Waals surface area contributed by atoms with Crippen LogP contribution in [-0.4, -0.2) is 29.3 Å². The average Bonchev–Trinajstić information content (AvgIpc) is 3.33. The predicted molar refractivity (Wildman–Crippen MR) is 78.8 cm³/mol. The molecular weight excluding hydrogens is 268 g/mol. The number of carbonyl (C=O) groups excluding carboxylic acids is 1. The number of carbonyl (C=O) groups is 1. The molecule has 3 rings (SSSR count). The Labute approximate surface area is 122 Å². The third-order valence-electron chi connectivity index (χ3n) is 3.17. The van der Waals surface area contributed by atoms with Crippen LogP contribution in [0.2, 0.25) is 0 Å². The summed E-state index contributed by atoms with van der Waals surface area (Å²) < 4.78 is 5.10. The highest BCUT2D eigenvalue weighted by atomic mass is 16.5. The van der Waals surface area contributed by atoms with Crippen LogP contribution in [0.25, 0.3) is 0 Å². The van der Waals surface area contributed by atoms with E-state index in [1.807, 2.05) is 24.3 Å². The maximum absolute atomic E-state index is 11.8. The maximum Gasteiger partial charge on any atom is 0.272 e. The van der Waals surface area contributed by atoms with Crippen LogP contribution in [-0.2, 0) is 0 Å². The molecule has 1 aliphatic carbocycles. The molecule has 1 saturated carbocycles. The van der Waals surface area contributed by atoms with Crippen LogP contribution in [0.1, 0.15) is 23.3 Å². The molecule has 1 fully saturated rings. The lowest BCUT2D eigenvalue weighted by Gasteiger charge is -2.07. The zero-order valence-electron chi connectivity index (χ0n) is 11.7. The third kappa shape index (κ3) is 3.47. The summed E-state index contributed by atoms with van der Waals surface area (Å²) in [6.45, 7) is 0. The molecule has 0 atom stereocenters. The molecule has 2 aromatic rings. The number of amides is 1. The van der Waals surface area contributed by atoms with Crippen molar-refractivity contribution in [2.75, 3.05) is 12.4 Å². The van der Waals surface area contributed by atoms with E-state index >= 15 is 0 Å². The van der Waals surface area contributed by atoms with E-state index in [0.29, 0.717) is 17.6 Å². The van der Waals surface area contributed by atoms with Crippen molar-refractivity contribution in [1.29, 1.82) is 0 Å². The Morgan fingerprint density at radius 1 is 1.14 bits per heavy atom. The number of ether oxygens (including phenoxy) is 1. The van der Waals surface area contributed by atoms with Crippen molar-refractivity contribution in [3.63, 3.8) is 0 Å². The summed E-state index contributed by atoms with van der Waals surface area (Å²) in [5.74, 6) is 1.21. The first kappa shape index (κ1) is 13.4. The number of nitrogens with zero attached hydrogens (tertiary/aromatic N) is 2. The van der Waals surface area contributed by atoms with Gasteiger partial charge in [0.2, 0.25) is 0 Å². The molecule has 6 nitrogen and oxygen atoms in total. The van der Waals surface area contributed by atoms with E-state index in [0.717, 1.165) is 24.3 Å². The van der Waals surface area contributed by atoms with Crippen molar-refractivity contribution in [2.45, 2.75) is 18.9 Å². The second kappa shape index (κ2) is 5.78. The molecule has 2 N–H and O–H groups in total. The summed E-state index contributed by atoms with van der Waals surface area (Å²) in [6.07, 6.45) is 2.10. The molecule has 0 spiro atoms. The standard InChI is InChI=1S/C15H16N4O2/c1-21-12-6-4-10(5-7-12)16-14-9-8-13(18-19-14)15(20)17-11-2-3-11/h4-9,11H,2-3H2,1H3,(H,16,19)(H,17,20). The zero-order valence-corrected chi connectivity index (χ0v) is 11.7. The molecule has 1 aromatic heterocycles. The predicted octanol–water partition coefficient (Wildman–Crippen LogP) is 2.12. The van der Waals surface area contributed by atoms with Crippen LogP contribution in [0.3, 0.4) is 0 Å². The van der Waals surface area contributed by atoms with Gasteiger partial charge in [0.15, 0.2) is 11.5 Å². The molecule has 0 radical (unpaired) electrons. The normalized spacial score (nSPS) is 13.6. The van der Waals surface area contributed by atoms with Crippen molar-refractivity contribution in [2.24, 2.45) is 0 Å². The Balaban J connectivity index is 1.64. The van der Waals surface area contributed by atoms with Gasteiger partial charge in [0.1, 0.15) is 5.75 Å². The zero-order chi connectivity index (χ0) is 14.7. The summed E-state index contributed by atoms with van der Waals surface area (Å²) >= 11 is 0. The van der Waals surface area contributed by atoms with Gasteiger partial charge < -0.3 is 15.4 Å². The van der Waals surface area contributed by atoms with Gasteiger partial charge in [0.05, 0.1) is 7.11 Å². The second-order valence-electron chi connectivity index (χ2n) is 4.91. The van der Waals surface area contributed by atoms with E-state index in [2.05, 4.69) is 20.8 Å². The van der Waals surface area contributed by atoms with Crippen molar-refractivity contribution in [1.82, 2.24) is 15.5 Å². The van der Waals surface area contributed by atoms with E-state index in [9.17, 15) is 4.79 Å². The quantitative estimate of drug-likeness (QED) is 0.879. The molecular formula is C15H16N4O2. The van der Waals surface area contributed by atoms with Gasteiger partial charge in [-0.1, -0.05) is 0 Å².